The summed E-state index contributed by atoms with van der Waals surface area (Å²) in [5, 5.41) is 0. The average Bonchev–Trinajstić information content (AvgIpc) is 3.19. The van der Waals surface area contributed by atoms with Gasteiger partial charge in [0.15, 0.2) is 0 Å². The molecule has 4 rings (SSSR count). The van der Waals surface area contributed by atoms with Gasteiger partial charge in [0.25, 0.3) is 0 Å². The molecule has 2 aromatic carbocycles. The fourth-order valence-electron chi connectivity index (χ4n) is 3.74. The summed E-state index contributed by atoms with van der Waals surface area (Å²) in [6, 6.07) is 14.6. The molecular weight excluding hydrogens is 430 g/mol. The summed E-state index contributed by atoms with van der Waals surface area (Å²) in [5.41, 5.74) is 1.81. The maximum atomic E-state index is 13.3. The molecule has 2 heterocycles. The molecule has 0 atom stereocenters. The van der Waals surface area contributed by atoms with Crippen LogP contribution in [0.15, 0.2) is 57.8 Å². The number of nitrogens with zero attached hydrogens (tertiary/aromatic N) is 3. The van der Waals surface area contributed by atoms with Crippen molar-refractivity contribution >= 4 is 10.0 Å². The number of rotatable bonds is 7. The monoisotopic (exact) mass is 457 g/mol. The molecule has 1 saturated heterocycles. The number of piperazine rings is 1. The molecule has 32 heavy (non-hydrogen) atoms. The third-order valence-electron chi connectivity index (χ3n) is 5.61. The number of ether oxygens (including phenoxy) is 2. The van der Waals surface area contributed by atoms with E-state index in [2.05, 4.69) is 9.88 Å². The number of hydrogen-bond donors (Lipinski definition) is 0. The van der Waals surface area contributed by atoms with Crippen LogP contribution in [0.4, 0.5) is 0 Å². The van der Waals surface area contributed by atoms with Crippen LogP contribution in [0.3, 0.4) is 0 Å². The van der Waals surface area contributed by atoms with E-state index in [1.165, 1.54) is 24.6 Å². The first-order valence-electron chi connectivity index (χ1n) is 10.4. The van der Waals surface area contributed by atoms with Crippen molar-refractivity contribution in [3.8, 4) is 23.0 Å². The van der Waals surface area contributed by atoms with Crippen molar-refractivity contribution in [3.63, 3.8) is 0 Å². The molecule has 0 unspecified atom stereocenters. The number of benzene rings is 2. The standard InChI is InChI=1S/C23H27N3O5S/c1-17-20(24-23(31-17)18-7-5-4-6-8-18)16-25-11-13-26(14-12-25)32(27,28)22-15-19(29-2)9-10-21(22)30-3/h4-10,15H,11-14,16H2,1-3H3. The Kier molecular flexibility index (Phi) is 6.50. The first-order valence-corrected chi connectivity index (χ1v) is 11.8. The molecule has 0 saturated carbocycles. The van der Waals surface area contributed by atoms with Crippen molar-refractivity contribution in [2.24, 2.45) is 0 Å². The highest BCUT2D eigenvalue weighted by molar-refractivity contribution is 7.89. The number of hydrogen-bond acceptors (Lipinski definition) is 7. The Morgan fingerprint density at radius 2 is 1.72 bits per heavy atom. The molecule has 0 N–H and O–H groups in total. The lowest BCUT2D eigenvalue weighted by atomic mass is 10.2. The van der Waals surface area contributed by atoms with Gasteiger partial charge in [-0.25, -0.2) is 13.4 Å². The molecule has 9 heteroatoms. The minimum absolute atomic E-state index is 0.118. The van der Waals surface area contributed by atoms with Crippen LogP contribution in [0.2, 0.25) is 0 Å². The van der Waals surface area contributed by atoms with Crippen LogP contribution in [0.1, 0.15) is 11.5 Å². The van der Waals surface area contributed by atoms with E-state index in [1.54, 1.807) is 12.1 Å². The SMILES string of the molecule is COc1ccc(OC)c(S(=O)(=O)N2CCN(Cc3nc(-c4ccccc4)oc3C)CC2)c1. The van der Waals surface area contributed by atoms with E-state index in [9.17, 15) is 8.42 Å². The normalized spacial score (nSPS) is 15.6. The lowest BCUT2D eigenvalue weighted by Gasteiger charge is -2.33. The van der Waals surface area contributed by atoms with Crippen LogP contribution in [-0.4, -0.2) is 63.0 Å². The van der Waals surface area contributed by atoms with Crippen LogP contribution in [0.25, 0.3) is 11.5 Å². The summed E-state index contributed by atoms with van der Waals surface area (Å²) < 4.78 is 44.3. The average molecular weight is 458 g/mol. The summed E-state index contributed by atoms with van der Waals surface area (Å²) >= 11 is 0. The summed E-state index contributed by atoms with van der Waals surface area (Å²) in [5.74, 6) is 2.16. The van der Waals surface area contributed by atoms with Gasteiger partial charge in [0.2, 0.25) is 15.9 Å². The molecule has 8 nitrogen and oxygen atoms in total. The minimum atomic E-state index is -3.71. The first-order chi connectivity index (χ1) is 15.4. The number of aromatic nitrogens is 1. The molecule has 0 spiro atoms. The first kappa shape index (κ1) is 22.3. The number of aryl methyl sites for hydroxylation is 1. The van der Waals surface area contributed by atoms with Gasteiger partial charge in [-0.05, 0) is 31.2 Å². The van der Waals surface area contributed by atoms with Gasteiger partial charge in [-0.2, -0.15) is 4.31 Å². The van der Waals surface area contributed by atoms with Crippen molar-refractivity contribution in [2.75, 3.05) is 40.4 Å². The van der Waals surface area contributed by atoms with E-state index < -0.39 is 10.0 Å². The van der Waals surface area contributed by atoms with Gasteiger partial charge in [0.05, 0.1) is 19.9 Å². The third kappa shape index (κ3) is 4.50. The Labute approximate surface area is 188 Å². The van der Waals surface area contributed by atoms with Crippen molar-refractivity contribution in [1.82, 2.24) is 14.2 Å². The van der Waals surface area contributed by atoms with Crippen molar-refractivity contribution < 1.29 is 22.3 Å². The molecule has 1 fully saturated rings. The topological polar surface area (TPSA) is 85.1 Å². The Bertz CT molecular complexity index is 1170. The summed E-state index contributed by atoms with van der Waals surface area (Å²) in [7, 11) is -0.739. The van der Waals surface area contributed by atoms with Crippen LogP contribution in [-0.2, 0) is 16.6 Å². The number of sulfonamides is 1. The van der Waals surface area contributed by atoms with Crippen molar-refractivity contribution in [3.05, 3.63) is 60.0 Å². The molecule has 0 bridgehead atoms. The highest BCUT2D eigenvalue weighted by Gasteiger charge is 2.31. The molecule has 1 aromatic heterocycles. The number of oxazole rings is 1. The quantitative estimate of drug-likeness (QED) is 0.539. The fourth-order valence-corrected chi connectivity index (χ4v) is 5.34. The summed E-state index contributed by atoms with van der Waals surface area (Å²) in [4.78, 5) is 6.97. The van der Waals surface area contributed by atoms with Gasteiger partial charge in [-0.15, -0.1) is 0 Å². The maximum Gasteiger partial charge on any atom is 0.246 e. The fraction of sp³-hybridized carbons (Fsp3) is 0.348. The Morgan fingerprint density at radius 3 is 2.38 bits per heavy atom. The third-order valence-corrected chi connectivity index (χ3v) is 7.53. The van der Waals surface area contributed by atoms with E-state index in [0.717, 1.165) is 17.0 Å². The zero-order valence-corrected chi connectivity index (χ0v) is 19.3. The van der Waals surface area contributed by atoms with E-state index in [1.807, 2.05) is 37.3 Å². The molecule has 3 aromatic rings. The Balaban J connectivity index is 1.44. The zero-order valence-electron chi connectivity index (χ0n) is 18.4. The van der Waals surface area contributed by atoms with Crippen LogP contribution in [0, 0.1) is 6.92 Å². The predicted octanol–water partition coefficient (Wildman–Crippen LogP) is 3.17. The highest BCUT2D eigenvalue weighted by atomic mass is 32.2. The molecule has 1 aliphatic rings. The summed E-state index contributed by atoms with van der Waals surface area (Å²) in [6.45, 7) is 4.47. The lowest BCUT2D eigenvalue weighted by Crippen LogP contribution is -2.48. The minimum Gasteiger partial charge on any atom is -0.497 e. The van der Waals surface area contributed by atoms with Gasteiger partial charge in [0.1, 0.15) is 22.2 Å². The van der Waals surface area contributed by atoms with Gasteiger partial charge < -0.3 is 13.9 Å². The van der Waals surface area contributed by atoms with E-state index in [0.29, 0.717) is 50.1 Å². The van der Waals surface area contributed by atoms with Crippen LogP contribution >= 0.6 is 0 Å². The smallest absolute Gasteiger partial charge is 0.246 e. The van der Waals surface area contributed by atoms with Crippen LogP contribution in [0.5, 0.6) is 11.5 Å². The molecule has 170 valence electrons. The van der Waals surface area contributed by atoms with Crippen molar-refractivity contribution in [2.45, 2.75) is 18.4 Å². The lowest BCUT2D eigenvalue weighted by molar-refractivity contribution is 0.179. The zero-order chi connectivity index (χ0) is 22.7. The highest BCUT2D eigenvalue weighted by Crippen LogP contribution is 2.31. The van der Waals surface area contributed by atoms with E-state index in [4.69, 9.17) is 13.9 Å². The molecule has 1 aliphatic heterocycles. The second-order valence-corrected chi connectivity index (χ2v) is 9.49. The Morgan fingerprint density at radius 1 is 1.00 bits per heavy atom. The Hall–Kier alpha value is -2.88. The largest absolute Gasteiger partial charge is 0.497 e. The molecule has 0 amide bonds. The van der Waals surface area contributed by atoms with Crippen molar-refractivity contribution in [1.29, 1.82) is 0 Å². The van der Waals surface area contributed by atoms with E-state index >= 15 is 0 Å². The number of methoxy groups -OCH3 is 2. The van der Waals surface area contributed by atoms with Gasteiger partial charge in [-0.1, -0.05) is 18.2 Å². The second kappa shape index (κ2) is 9.32. The predicted molar refractivity (Wildman–Crippen MR) is 120 cm³/mol. The molecule has 0 aliphatic carbocycles. The second-order valence-electron chi connectivity index (χ2n) is 7.58. The molecule has 0 radical (unpaired) electrons. The summed E-state index contributed by atoms with van der Waals surface area (Å²) in [6.07, 6.45) is 0. The maximum absolute atomic E-state index is 13.3. The van der Waals surface area contributed by atoms with E-state index in [-0.39, 0.29) is 4.90 Å². The van der Waals surface area contributed by atoms with Gasteiger partial charge in [-0.3, -0.25) is 4.90 Å². The van der Waals surface area contributed by atoms with Crippen LogP contribution < -0.4 is 9.47 Å². The van der Waals surface area contributed by atoms with Gasteiger partial charge >= 0.3 is 0 Å². The molecular formula is C23H27N3O5S. The van der Waals surface area contributed by atoms with Gasteiger partial charge in [0, 0.05) is 44.4 Å².